The molecule has 4 heteroatoms. The minimum Gasteiger partial charge on any atom is -1.00 e. The summed E-state index contributed by atoms with van der Waals surface area (Å²) in [4.78, 5) is 14.3. The summed E-state index contributed by atoms with van der Waals surface area (Å²) in [5.41, 5.74) is 1.78. The Morgan fingerprint density at radius 3 is 2.50 bits per heavy atom. The number of nitrogens with zero attached hydrogens (tertiary/aromatic N) is 1. The van der Waals surface area contributed by atoms with Crippen LogP contribution in [0.15, 0.2) is 12.1 Å². The number of pyridine rings is 1. The van der Waals surface area contributed by atoms with E-state index in [9.17, 15) is 4.79 Å². The Hall–Kier alpha value is -0.380. The zero-order valence-electron chi connectivity index (χ0n) is 8.46. The Kier molecular flexibility index (Phi) is 4.45. The van der Waals surface area contributed by atoms with E-state index in [1.54, 1.807) is 13.0 Å². The van der Waals surface area contributed by atoms with Gasteiger partial charge in [-0.1, -0.05) is 0 Å². The fourth-order valence-corrected chi connectivity index (χ4v) is 0.951. The molecule has 0 unspecified atom stereocenters. The normalized spacial score (nSPS) is 8.83. The molecule has 0 aliphatic rings. The molecule has 0 aliphatic carbocycles. The van der Waals surface area contributed by atoms with Crippen LogP contribution in [0.1, 0.15) is 23.2 Å². The summed E-state index contributed by atoms with van der Waals surface area (Å²) in [6.07, 6.45) is 0. The molecule has 0 amide bonds. The van der Waals surface area contributed by atoms with Crippen LogP contribution in [0.25, 0.3) is 0 Å². The molecule has 3 nitrogen and oxygen atoms in total. The fraction of sp³-hybridized carbons (Fsp3) is 0.250. The summed E-state index contributed by atoms with van der Waals surface area (Å²) in [6.45, 7) is 3.63. The van der Waals surface area contributed by atoms with E-state index in [0.29, 0.717) is 0 Å². The molecule has 0 saturated heterocycles. The van der Waals surface area contributed by atoms with Gasteiger partial charge in [0.05, 0.1) is 0 Å². The molecule has 1 N–H and O–H groups in total. The van der Waals surface area contributed by atoms with Crippen LogP contribution >= 0.6 is 0 Å². The average Bonchev–Trinajstić information content (AvgIpc) is 1.85. The Labute approximate surface area is 94.6 Å². The van der Waals surface area contributed by atoms with Crippen molar-refractivity contribution in [2.45, 2.75) is 13.8 Å². The van der Waals surface area contributed by atoms with Crippen molar-refractivity contribution in [2.24, 2.45) is 0 Å². The van der Waals surface area contributed by atoms with Crippen LogP contribution in [0.4, 0.5) is 0 Å². The molecule has 0 aliphatic heterocycles. The number of aromatic carboxylic acids is 1. The van der Waals surface area contributed by atoms with Crippen LogP contribution < -0.4 is 29.6 Å². The Morgan fingerprint density at radius 1 is 1.50 bits per heavy atom. The summed E-state index contributed by atoms with van der Waals surface area (Å²) in [5.74, 6) is -0.975. The Balaban J connectivity index is 0. The molecule has 0 bridgehead atoms. The number of aromatic nitrogens is 1. The Morgan fingerprint density at radius 2 is 2.08 bits per heavy atom. The van der Waals surface area contributed by atoms with Crippen molar-refractivity contribution in [1.29, 1.82) is 0 Å². The summed E-state index contributed by atoms with van der Waals surface area (Å²) in [6, 6.07) is 3.39. The van der Waals surface area contributed by atoms with Gasteiger partial charge in [-0.05, 0) is 31.5 Å². The van der Waals surface area contributed by atoms with Gasteiger partial charge in [0.15, 0.2) is 0 Å². The minimum absolute atomic E-state index is 0. The zero-order chi connectivity index (χ0) is 8.43. The summed E-state index contributed by atoms with van der Waals surface area (Å²) in [7, 11) is 0. The van der Waals surface area contributed by atoms with E-state index in [1.807, 2.05) is 13.0 Å². The van der Waals surface area contributed by atoms with Crippen molar-refractivity contribution in [1.82, 2.24) is 4.98 Å². The van der Waals surface area contributed by atoms with Crippen molar-refractivity contribution in [3.63, 3.8) is 0 Å². The zero-order valence-corrected chi connectivity index (χ0v) is 9.46. The molecule has 1 heterocycles. The molecule has 1 rings (SSSR count). The molecule has 0 radical (unpaired) electrons. The van der Waals surface area contributed by atoms with E-state index in [2.05, 4.69) is 4.98 Å². The molecule has 0 atom stereocenters. The second kappa shape index (κ2) is 4.60. The molecule has 0 fully saturated rings. The van der Waals surface area contributed by atoms with Gasteiger partial charge in [-0.3, -0.25) is 0 Å². The number of aryl methyl sites for hydroxylation is 2. The number of carboxylic acid groups (broad SMARTS) is 1. The second-order valence-corrected chi connectivity index (χ2v) is 2.48. The smallest absolute Gasteiger partial charge is 1.00 e. The van der Waals surface area contributed by atoms with Crippen molar-refractivity contribution >= 4 is 5.97 Å². The first-order valence-electron chi connectivity index (χ1n) is 3.28. The number of hydrogen-bond donors (Lipinski definition) is 1. The maximum Gasteiger partial charge on any atom is 1.00 e. The van der Waals surface area contributed by atoms with Gasteiger partial charge in [0.25, 0.3) is 0 Å². The van der Waals surface area contributed by atoms with Crippen LogP contribution in [0.2, 0.25) is 0 Å². The largest absolute Gasteiger partial charge is 1.00 e. The number of carbonyl (C=O) groups is 1. The van der Waals surface area contributed by atoms with E-state index in [0.717, 1.165) is 11.3 Å². The average molecular weight is 175 g/mol. The summed E-state index contributed by atoms with van der Waals surface area (Å²) < 4.78 is 0. The van der Waals surface area contributed by atoms with Crippen LogP contribution in [-0.2, 0) is 0 Å². The Bertz CT molecular complexity index is 284. The molecule has 1 aromatic heterocycles. The van der Waals surface area contributed by atoms with Gasteiger partial charge in [0.1, 0.15) is 5.69 Å². The number of hydrogen-bond acceptors (Lipinski definition) is 2. The predicted molar refractivity (Wildman–Crippen MR) is 41.8 cm³/mol. The third-order valence-electron chi connectivity index (χ3n) is 1.32. The topological polar surface area (TPSA) is 50.2 Å². The standard InChI is InChI=1S/C8H9NO2.Na.H/c1-5-3-6(2)9-7(4-5)8(10)11;;/h3-4H,1-2H3,(H,10,11);;/q;+1;-1. The van der Waals surface area contributed by atoms with Crippen molar-refractivity contribution in [2.75, 3.05) is 0 Å². The summed E-state index contributed by atoms with van der Waals surface area (Å²) >= 11 is 0. The quantitative estimate of drug-likeness (QED) is 0.529. The van der Waals surface area contributed by atoms with Crippen molar-refractivity contribution < 1.29 is 40.9 Å². The molecular formula is C8H10NNaO2. The van der Waals surface area contributed by atoms with Gasteiger partial charge in [-0.2, -0.15) is 0 Å². The monoisotopic (exact) mass is 175 g/mol. The van der Waals surface area contributed by atoms with E-state index < -0.39 is 5.97 Å². The van der Waals surface area contributed by atoms with Crippen LogP contribution in [0.5, 0.6) is 0 Å². The molecule has 1 aromatic rings. The maximum atomic E-state index is 10.4. The van der Waals surface area contributed by atoms with E-state index in [1.165, 1.54) is 0 Å². The van der Waals surface area contributed by atoms with Gasteiger partial charge >= 0.3 is 35.5 Å². The van der Waals surface area contributed by atoms with Crippen LogP contribution in [0.3, 0.4) is 0 Å². The minimum atomic E-state index is -0.975. The third kappa shape index (κ3) is 2.93. The number of rotatable bonds is 1. The molecule has 60 valence electrons. The number of carboxylic acids is 1. The van der Waals surface area contributed by atoms with Gasteiger partial charge in [0.2, 0.25) is 0 Å². The van der Waals surface area contributed by atoms with Gasteiger partial charge < -0.3 is 6.53 Å². The molecule has 12 heavy (non-hydrogen) atoms. The first-order valence-corrected chi connectivity index (χ1v) is 3.28. The van der Waals surface area contributed by atoms with Gasteiger partial charge in [-0.25, -0.2) is 9.78 Å². The van der Waals surface area contributed by atoms with Crippen LogP contribution in [0, 0.1) is 13.8 Å². The van der Waals surface area contributed by atoms with E-state index >= 15 is 0 Å². The van der Waals surface area contributed by atoms with Gasteiger partial charge in [-0.15, -0.1) is 0 Å². The fourth-order valence-electron chi connectivity index (χ4n) is 0.951. The van der Waals surface area contributed by atoms with Crippen molar-refractivity contribution in [3.05, 3.63) is 29.1 Å². The predicted octanol–water partition coefficient (Wildman–Crippen LogP) is -1.49. The van der Waals surface area contributed by atoms with E-state index in [4.69, 9.17) is 5.11 Å². The molecule has 0 aromatic carbocycles. The SMILES string of the molecule is Cc1cc(C)nc(C(=O)O)c1.[H-].[Na+]. The van der Waals surface area contributed by atoms with E-state index in [-0.39, 0.29) is 36.7 Å². The van der Waals surface area contributed by atoms with Crippen LogP contribution in [-0.4, -0.2) is 16.1 Å². The summed E-state index contributed by atoms with van der Waals surface area (Å²) in [5, 5.41) is 8.57. The first-order chi connectivity index (χ1) is 5.09. The molecule has 0 spiro atoms. The van der Waals surface area contributed by atoms with Gasteiger partial charge in [0, 0.05) is 5.69 Å². The second-order valence-electron chi connectivity index (χ2n) is 2.48. The first kappa shape index (κ1) is 11.6. The maximum absolute atomic E-state index is 10.4. The molecule has 0 saturated carbocycles. The molecular weight excluding hydrogens is 165 g/mol. The third-order valence-corrected chi connectivity index (χ3v) is 1.32. The van der Waals surface area contributed by atoms with Crippen molar-refractivity contribution in [3.8, 4) is 0 Å².